The van der Waals surface area contributed by atoms with E-state index < -0.39 is 30.7 Å². The van der Waals surface area contributed by atoms with Crippen molar-refractivity contribution in [3.63, 3.8) is 0 Å². The lowest BCUT2D eigenvalue weighted by Gasteiger charge is -2.37. The highest BCUT2D eigenvalue weighted by Gasteiger charge is 2.37. The summed E-state index contributed by atoms with van der Waals surface area (Å²) in [6.45, 7) is 1.99. The van der Waals surface area contributed by atoms with Gasteiger partial charge in [0.1, 0.15) is 17.9 Å². The van der Waals surface area contributed by atoms with Gasteiger partial charge >= 0.3 is 11.9 Å². The van der Waals surface area contributed by atoms with Crippen LogP contribution in [-0.2, 0) is 25.5 Å². The molecule has 44 heavy (non-hydrogen) atoms. The number of likely N-dealkylation sites (tertiary alicyclic amines) is 1. The number of carbonyl (C=O) groups is 3. The molecule has 1 aliphatic rings. The van der Waals surface area contributed by atoms with Crippen LogP contribution >= 0.6 is 0 Å². The number of amides is 1. The zero-order valence-electron chi connectivity index (χ0n) is 25.6. The van der Waals surface area contributed by atoms with E-state index >= 15 is 0 Å². The van der Waals surface area contributed by atoms with E-state index in [1.54, 1.807) is 37.3 Å². The zero-order valence-corrected chi connectivity index (χ0v) is 25.6. The Kier molecular flexibility index (Phi) is 11.6. The maximum atomic E-state index is 13.9. The molecule has 9 heteroatoms. The van der Waals surface area contributed by atoms with E-state index in [9.17, 15) is 14.4 Å². The molecule has 0 spiro atoms. The van der Waals surface area contributed by atoms with E-state index in [2.05, 4.69) is 0 Å². The van der Waals surface area contributed by atoms with Gasteiger partial charge in [-0.05, 0) is 79.5 Å². The van der Waals surface area contributed by atoms with Crippen molar-refractivity contribution in [1.29, 1.82) is 0 Å². The molecule has 234 valence electrons. The van der Waals surface area contributed by atoms with Crippen molar-refractivity contribution < 1.29 is 38.4 Å². The van der Waals surface area contributed by atoms with Crippen LogP contribution in [0.4, 0.5) is 0 Å². The molecular formula is C35H41NO8. The summed E-state index contributed by atoms with van der Waals surface area (Å²) in [6.07, 6.45) is 3.12. The predicted molar refractivity (Wildman–Crippen MR) is 165 cm³/mol. The first-order valence-electron chi connectivity index (χ1n) is 15.1. The highest BCUT2D eigenvalue weighted by Crippen LogP contribution is 2.33. The topological polar surface area (TPSA) is 112 Å². The number of hydrogen-bond donors (Lipinski definition) is 1. The minimum Gasteiger partial charge on any atom is -0.493 e. The second-order valence-corrected chi connectivity index (χ2v) is 10.8. The van der Waals surface area contributed by atoms with E-state index in [1.165, 1.54) is 0 Å². The predicted octanol–water partition coefficient (Wildman–Crippen LogP) is 5.96. The number of carboxylic acids is 1. The van der Waals surface area contributed by atoms with Crippen molar-refractivity contribution in [2.45, 2.75) is 63.5 Å². The second-order valence-electron chi connectivity index (χ2n) is 10.8. The molecule has 1 saturated heterocycles. The van der Waals surface area contributed by atoms with Crippen molar-refractivity contribution in [2.75, 3.05) is 27.4 Å². The standard InChI is InChI=1S/C35H41NO8/c1-4-28(25-11-6-5-7-12-25)34(39)36-20-9-8-15-29(36)35(40)44-30(26-13-10-14-27(22-26)43-23-33(37)38)18-16-24-17-19-31(41-2)32(21-24)42-3/h5-7,10-14,17,19,21-22,28-30H,4,8-9,15-16,18,20,23H2,1-3H3,(H,37,38)/t28-,29-,30?/m0/s1. The third-order valence-electron chi connectivity index (χ3n) is 7.96. The number of rotatable bonds is 14. The minimum atomic E-state index is -1.09. The Labute approximate surface area is 258 Å². The molecule has 9 nitrogen and oxygen atoms in total. The molecule has 0 radical (unpaired) electrons. The molecule has 1 fully saturated rings. The Bertz CT molecular complexity index is 1410. The summed E-state index contributed by atoms with van der Waals surface area (Å²) < 4.78 is 22.4. The fourth-order valence-electron chi connectivity index (χ4n) is 5.67. The highest BCUT2D eigenvalue weighted by atomic mass is 16.5. The number of hydrogen-bond acceptors (Lipinski definition) is 7. The van der Waals surface area contributed by atoms with E-state index in [-0.39, 0.29) is 11.8 Å². The van der Waals surface area contributed by atoms with E-state index in [0.717, 1.165) is 24.0 Å². The van der Waals surface area contributed by atoms with Gasteiger partial charge in [-0.3, -0.25) is 4.79 Å². The molecule has 3 aromatic rings. The first-order chi connectivity index (χ1) is 21.3. The van der Waals surface area contributed by atoms with Crippen LogP contribution in [0.1, 0.15) is 67.7 Å². The van der Waals surface area contributed by atoms with Crippen molar-refractivity contribution in [3.05, 3.63) is 89.5 Å². The van der Waals surface area contributed by atoms with Crippen LogP contribution in [0.5, 0.6) is 17.2 Å². The van der Waals surface area contributed by atoms with Gasteiger partial charge in [0.15, 0.2) is 18.1 Å². The number of piperidine rings is 1. The van der Waals surface area contributed by atoms with Gasteiger partial charge in [-0.2, -0.15) is 0 Å². The summed E-state index contributed by atoms with van der Waals surface area (Å²) in [5.41, 5.74) is 2.57. The quantitative estimate of drug-likeness (QED) is 0.225. The van der Waals surface area contributed by atoms with Gasteiger partial charge in [0.05, 0.1) is 20.1 Å². The van der Waals surface area contributed by atoms with E-state index in [1.807, 2.05) is 61.5 Å². The Hall–Kier alpha value is -4.53. The SMILES string of the molecule is CC[C@H](C(=O)N1CCCC[C@H]1C(=O)OC(CCc1ccc(OC)c(OC)c1)c1cccc(OCC(=O)O)c1)c1ccccc1. The fourth-order valence-corrected chi connectivity index (χ4v) is 5.67. The number of carboxylic acid groups (broad SMARTS) is 1. The lowest BCUT2D eigenvalue weighted by molar-refractivity contribution is -0.162. The number of aryl methyl sites for hydroxylation is 1. The molecule has 3 atom stereocenters. The number of aliphatic carboxylic acids is 1. The van der Waals surface area contributed by atoms with Crippen LogP contribution < -0.4 is 14.2 Å². The maximum Gasteiger partial charge on any atom is 0.341 e. The molecule has 0 aliphatic carbocycles. The van der Waals surface area contributed by atoms with Gasteiger partial charge in [0, 0.05) is 6.54 Å². The van der Waals surface area contributed by atoms with Gasteiger partial charge in [-0.25, -0.2) is 9.59 Å². The monoisotopic (exact) mass is 603 g/mol. The zero-order chi connectivity index (χ0) is 31.5. The van der Waals surface area contributed by atoms with Crippen LogP contribution in [0.2, 0.25) is 0 Å². The van der Waals surface area contributed by atoms with Crippen molar-refractivity contribution in [2.24, 2.45) is 0 Å². The minimum absolute atomic E-state index is 0.0636. The van der Waals surface area contributed by atoms with Gasteiger partial charge in [-0.1, -0.05) is 55.5 Å². The summed E-state index contributed by atoms with van der Waals surface area (Å²) in [5, 5.41) is 9.06. The molecule has 0 saturated carbocycles. The molecule has 1 amide bonds. The first-order valence-corrected chi connectivity index (χ1v) is 15.1. The van der Waals surface area contributed by atoms with E-state index in [4.69, 9.17) is 24.1 Å². The molecule has 1 heterocycles. The molecule has 1 aliphatic heterocycles. The first kappa shape index (κ1) is 32.4. The number of nitrogens with zero attached hydrogens (tertiary/aromatic N) is 1. The third kappa shape index (κ3) is 8.30. The van der Waals surface area contributed by atoms with Gasteiger partial charge in [0.25, 0.3) is 0 Å². The Morgan fingerprint density at radius 1 is 0.909 bits per heavy atom. The second kappa shape index (κ2) is 15.8. The molecule has 1 N–H and O–H groups in total. The fraction of sp³-hybridized carbons (Fsp3) is 0.400. The van der Waals surface area contributed by atoms with Crippen molar-refractivity contribution in [3.8, 4) is 17.2 Å². The van der Waals surface area contributed by atoms with Crippen molar-refractivity contribution in [1.82, 2.24) is 4.90 Å². The van der Waals surface area contributed by atoms with Crippen LogP contribution in [0, 0.1) is 0 Å². The van der Waals surface area contributed by atoms with Gasteiger partial charge in [0.2, 0.25) is 5.91 Å². The van der Waals surface area contributed by atoms with Crippen LogP contribution in [-0.4, -0.2) is 61.3 Å². The van der Waals surface area contributed by atoms with Crippen LogP contribution in [0.25, 0.3) is 0 Å². The maximum absolute atomic E-state index is 13.9. The summed E-state index contributed by atoms with van der Waals surface area (Å²) in [7, 11) is 3.15. The van der Waals surface area contributed by atoms with Crippen LogP contribution in [0.3, 0.4) is 0 Å². The lowest BCUT2D eigenvalue weighted by atomic mass is 9.92. The summed E-state index contributed by atoms with van der Waals surface area (Å²) in [4.78, 5) is 40.5. The Balaban J connectivity index is 1.57. The average molecular weight is 604 g/mol. The molecule has 1 unspecified atom stereocenters. The highest BCUT2D eigenvalue weighted by molar-refractivity contribution is 5.89. The summed E-state index contributed by atoms with van der Waals surface area (Å²) in [6, 6.07) is 21.6. The van der Waals surface area contributed by atoms with E-state index in [0.29, 0.717) is 55.0 Å². The van der Waals surface area contributed by atoms with Crippen molar-refractivity contribution >= 4 is 17.8 Å². The summed E-state index contributed by atoms with van der Waals surface area (Å²) >= 11 is 0. The number of methoxy groups -OCH3 is 2. The van der Waals surface area contributed by atoms with Gasteiger partial charge in [-0.15, -0.1) is 0 Å². The third-order valence-corrected chi connectivity index (χ3v) is 7.96. The smallest absolute Gasteiger partial charge is 0.341 e. The molecular weight excluding hydrogens is 562 g/mol. The molecule has 3 aromatic carbocycles. The average Bonchev–Trinajstić information content (AvgIpc) is 3.06. The number of ether oxygens (including phenoxy) is 4. The Morgan fingerprint density at radius 2 is 1.66 bits per heavy atom. The summed E-state index contributed by atoms with van der Waals surface area (Å²) in [5.74, 6) is -0.363. The molecule has 0 aromatic heterocycles. The largest absolute Gasteiger partial charge is 0.493 e. The lowest BCUT2D eigenvalue weighted by Crippen LogP contribution is -2.50. The number of benzene rings is 3. The van der Waals surface area contributed by atoms with Gasteiger partial charge < -0.3 is 29.0 Å². The molecule has 0 bridgehead atoms. The normalized spacial score (nSPS) is 16.0. The Morgan fingerprint density at radius 3 is 2.36 bits per heavy atom. The number of esters is 1. The molecule has 4 rings (SSSR count). The van der Waals surface area contributed by atoms with Crippen LogP contribution in [0.15, 0.2) is 72.8 Å². The number of carbonyl (C=O) groups excluding carboxylic acids is 2.